The standard InChI is InChI=1S/C18H17NO3/c1-11(2)10-22-18(20)15-9-5-8-14-16(15)12-6-3-4-7-13(12)17(14)19-21/h3-9,11,21H,10H2,1-2H3. The molecule has 112 valence electrons. The molecule has 2 aromatic rings. The molecular formula is C18H17NO3. The summed E-state index contributed by atoms with van der Waals surface area (Å²) < 4.78 is 5.36. The number of ether oxygens (including phenoxy) is 1. The number of oxime groups is 1. The van der Waals surface area contributed by atoms with Gasteiger partial charge in [-0.3, -0.25) is 0 Å². The van der Waals surface area contributed by atoms with Crippen molar-refractivity contribution in [1.29, 1.82) is 0 Å². The van der Waals surface area contributed by atoms with E-state index in [0.29, 0.717) is 17.9 Å². The van der Waals surface area contributed by atoms with Gasteiger partial charge in [-0.05, 0) is 17.5 Å². The second-order valence-corrected chi connectivity index (χ2v) is 5.71. The second kappa shape index (κ2) is 5.64. The van der Waals surface area contributed by atoms with E-state index in [-0.39, 0.29) is 11.9 Å². The highest BCUT2D eigenvalue weighted by molar-refractivity contribution is 6.26. The fraction of sp³-hybridized carbons (Fsp3) is 0.222. The van der Waals surface area contributed by atoms with Crippen LogP contribution in [0, 0.1) is 5.92 Å². The first kappa shape index (κ1) is 14.3. The normalized spacial score (nSPS) is 14.0. The summed E-state index contributed by atoms with van der Waals surface area (Å²) in [6.07, 6.45) is 0. The molecule has 0 aromatic heterocycles. The van der Waals surface area contributed by atoms with E-state index >= 15 is 0 Å². The lowest BCUT2D eigenvalue weighted by Gasteiger charge is -2.10. The van der Waals surface area contributed by atoms with E-state index in [1.165, 1.54) is 0 Å². The van der Waals surface area contributed by atoms with Gasteiger partial charge >= 0.3 is 5.97 Å². The highest BCUT2D eigenvalue weighted by Gasteiger charge is 2.29. The summed E-state index contributed by atoms with van der Waals surface area (Å²) >= 11 is 0. The Morgan fingerprint density at radius 1 is 1.09 bits per heavy atom. The van der Waals surface area contributed by atoms with Crippen LogP contribution in [-0.4, -0.2) is 23.5 Å². The molecule has 1 N–H and O–H groups in total. The Hall–Kier alpha value is -2.62. The predicted molar refractivity (Wildman–Crippen MR) is 84.4 cm³/mol. The van der Waals surface area contributed by atoms with Crippen LogP contribution in [0.3, 0.4) is 0 Å². The van der Waals surface area contributed by atoms with Crippen molar-refractivity contribution in [3.63, 3.8) is 0 Å². The van der Waals surface area contributed by atoms with Crippen LogP contribution in [0.2, 0.25) is 0 Å². The molecule has 0 aliphatic heterocycles. The highest BCUT2D eigenvalue weighted by Crippen LogP contribution is 2.39. The smallest absolute Gasteiger partial charge is 0.338 e. The molecule has 22 heavy (non-hydrogen) atoms. The molecule has 0 heterocycles. The Bertz CT molecular complexity index is 763. The topological polar surface area (TPSA) is 58.9 Å². The van der Waals surface area contributed by atoms with E-state index in [4.69, 9.17) is 4.74 Å². The number of carbonyl (C=O) groups excluding carboxylic acids is 1. The predicted octanol–water partition coefficient (Wildman–Crippen LogP) is 3.71. The molecule has 0 fully saturated rings. The summed E-state index contributed by atoms with van der Waals surface area (Å²) in [6, 6.07) is 13.0. The fourth-order valence-electron chi connectivity index (χ4n) is 2.69. The van der Waals surface area contributed by atoms with E-state index in [2.05, 4.69) is 5.16 Å². The SMILES string of the molecule is CC(C)COC(=O)c1cccc2c1-c1ccccc1C2=NO. The zero-order valence-electron chi connectivity index (χ0n) is 12.5. The maximum Gasteiger partial charge on any atom is 0.338 e. The molecule has 4 nitrogen and oxygen atoms in total. The highest BCUT2D eigenvalue weighted by atomic mass is 16.5. The molecule has 0 bridgehead atoms. The van der Waals surface area contributed by atoms with Gasteiger partial charge in [0.25, 0.3) is 0 Å². The van der Waals surface area contributed by atoms with Gasteiger partial charge in [-0.2, -0.15) is 0 Å². The second-order valence-electron chi connectivity index (χ2n) is 5.71. The first-order valence-electron chi connectivity index (χ1n) is 7.25. The van der Waals surface area contributed by atoms with Gasteiger partial charge in [0, 0.05) is 16.7 Å². The van der Waals surface area contributed by atoms with Gasteiger partial charge in [-0.15, -0.1) is 0 Å². The molecule has 2 aromatic carbocycles. The van der Waals surface area contributed by atoms with Crippen LogP contribution in [0.1, 0.15) is 35.3 Å². The number of esters is 1. The Labute approximate surface area is 129 Å². The van der Waals surface area contributed by atoms with Gasteiger partial charge in [0.05, 0.1) is 12.2 Å². The fourth-order valence-corrected chi connectivity index (χ4v) is 2.69. The van der Waals surface area contributed by atoms with E-state index in [1.807, 2.05) is 44.2 Å². The van der Waals surface area contributed by atoms with Crippen LogP contribution >= 0.6 is 0 Å². The number of rotatable bonds is 3. The van der Waals surface area contributed by atoms with Crippen LogP contribution in [0.4, 0.5) is 0 Å². The average molecular weight is 295 g/mol. The summed E-state index contributed by atoms with van der Waals surface area (Å²) in [7, 11) is 0. The monoisotopic (exact) mass is 295 g/mol. The maximum atomic E-state index is 12.4. The number of hydrogen-bond donors (Lipinski definition) is 1. The molecular weight excluding hydrogens is 278 g/mol. The Balaban J connectivity index is 2.12. The summed E-state index contributed by atoms with van der Waals surface area (Å²) in [4.78, 5) is 12.4. The number of benzene rings is 2. The van der Waals surface area contributed by atoms with Gasteiger partial charge in [0.15, 0.2) is 0 Å². The molecule has 1 aliphatic carbocycles. The van der Waals surface area contributed by atoms with Crippen molar-refractivity contribution in [2.24, 2.45) is 11.1 Å². The molecule has 0 unspecified atom stereocenters. The molecule has 4 heteroatoms. The van der Waals surface area contributed by atoms with Crippen LogP contribution in [0.5, 0.6) is 0 Å². The van der Waals surface area contributed by atoms with Crippen molar-refractivity contribution in [2.75, 3.05) is 6.61 Å². The Morgan fingerprint density at radius 3 is 2.45 bits per heavy atom. The lowest BCUT2D eigenvalue weighted by atomic mass is 9.99. The summed E-state index contributed by atoms with van der Waals surface area (Å²) in [6.45, 7) is 4.37. The van der Waals surface area contributed by atoms with Crippen molar-refractivity contribution in [3.8, 4) is 11.1 Å². The number of fused-ring (bicyclic) bond motifs is 3. The van der Waals surface area contributed by atoms with Gasteiger partial charge in [-0.25, -0.2) is 4.79 Å². The van der Waals surface area contributed by atoms with Crippen molar-refractivity contribution in [3.05, 3.63) is 59.2 Å². The summed E-state index contributed by atoms with van der Waals surface area (Å²) in [5.74, 6) is -0.0675. The maximum absolute atomic E-state index is 12.4. The van der Waals surface area contributed by atoms with E-state index in [1.54, 1.807) is 12.1 Å². The Kier molecular flexibility index (Phi) is 3.67. The van der Waals surface area contributed by atoms with Crippen LogP contribution < -0.4 is 0 Å². The van der Waals surface area contributed by atoms with Crippen molar-refractivity contribution in [2.45, 2.75) is 13.8 Å². The zero-order valence-corrected chi connectivity index (χ0v) is 12.5. The van der Waals surface area contributed by atoms with Crippen molar-refractivity contribution < 1.29 is 14.7 Å². The zero-order chi connectivity index (χ0) is 15.7. The molecule has 0 amide bonds. The minimum Gasteiger partial charge on any atom is -0.462 e. The van der Waals surface area contributed by atoms with Crippen LogP contribution in [-0.2, 0) is 4.74 Å². The molecule has 0 radical (unpaired) electrons. The van der Waals surface area contributed by atoms with Gasteiger partial charge in [0.1, 0.15) is 5.71 Å². The lowest BCUT2D eigenvalue weighted by Crippen LogP contribution is -2.11. The third-order valence-electron chi connectivity index (χ3n) is 3.64. The van der Waals surface area contributed by atoms with Crippen LogP contribution in [0.25, 0.3) is 11.1 Å². The third kappa shape index (κ3) is 2.26. The average Bonchev–Trinajstić information content (AvgIpc) is 2.86. The van der Waals surface area contributed by atoms with E-state index in [0.717, 1.165) is 22.3 Å². The van der Waals surface area contributed by atoms with E-state index < -0.39 is 0 Å². The molecule has 0 saturated heterocycles. The molecule has 0 atom stereocenters. The Morgan fingerprint density at radius 2 is 1.77 bits per heavy atom. The largest absolute Gasteiger partial charge is 0.462 e. The molecule has 3 rings (SSSR count). The lowest BCUT2D eigenvalue weighted by molar-refractivity contribution is 0.0460. The first-order chi connectivity index (χ1) is 10.6. The minimum absolute atomic E-state index is 0.280. The molecule has 1 aliphatic rings. The van der Waals surface area contributed by atoms with Crippen molar-refractivity contribution >= 4 is 11.7 Å². The molecule has 0 spiro atoms. The summed E-state index contributed by atoms with van der Waals surface area (Å²) in [5.41, 5.74) is 4.24. The van der Waals surface area contributed by atoms with Gasteiger partial charge in [0.2, 0.25) is 0 Å². The quantitative estimate of drug-likeness (QED) is 0.455. The van der Waals surface area contributed by atoms with Gasteiger partial charge in [-0.1, -0.05) is 55.4 Å². The van der Waals surface area contributed by atoms with E-state index in [9.17, 15) is 10.0 Å². The summed E-state index contributed by atoms with van der Waals surface area (Å²) in [5, 5.41) is 12.7. The molecule has 0 saturated carbocycles. The minimum atomic E-state index is -0.348. The number of hydrogen-bond acceptors (Lipinski definition) is 4. The first-order valence-corrected chi connectivity index (χ1v) is 7.25. The van der Waals surface area contributed by atoms with Crippen LogP contribution in [0.15, 0.2) is 47.6 Å². The van der Waals surface area contributed by atoms with Gasteiger partial charge < -0.3 is 9.94 Å². The number of nitrogens with zero attached hydrogens (tertiary/aromatic N) is 1. The number of carbonyl (C=O) groups is 1. The van der Waals surface area contributed by atoms with Crippen molar-refractivity contribution in [1.82, 2.24) is 0 Å². The third-order valence-corrected chi connectivity index (χ3v) is 3.64.